The zero-order chi connectivity index (χ0) is 48.6. The van der Waals surface area contributed by atoms with Gasteiger partial charge in [-0.15, -0.1) is 0 Å². The molecule has 0 fully saturated rings. The van der Waals surface area contributed by atoms with E-state index in [1.165, 1.54) is 225 Å². The van der Waals surface area contributed by atoms with Crippen LogP contribution in [-0.2, 0) is 14.3 Å². The SMILES string of the molecule is CCCCCCC/C=C\CCCCCCCC(=O)OCCCCCCCCCCC/C=C\C/C=C\CCCCCCCCCCCC(=O)NC(CO)C(O)/C=C/CCCCCCCCCCC. The molecule has 0 bridgehead atoms. The number of unbranched alkanes of at least 4 members (excludes halogenated alkanes) is 37. The third kappa shape index (κ3) is 53.0. The summed E-state index contributed by atoms with van der Waals surface area (Å²) in [5.41, 5.74) is 0. The van der Waals surface area contributed by atoms with E-state index in [9.17, 15) is 19.8 Å². The van der Waals surface area contributed by atoms with Crippen LogP contribution in [0.4, 0.5) is 0 Å². The Balaban J connectivity index is 3.45. The average molecular weight is 941 g/mol. The normalized spacial score (nSPS) is 13.0. The highest BCUT2D eigenvalue weighted by Crippen LogP contribution is 2.15. The lowest BCUT2D eigenvalue weighted by Gasteiger charge is -2.20. The van der Waals surface area contributed by atoms with Crippen LogP contribution in [0.2, 0.25) is 0 Å². The molecule has 6 nitrogen and oxygen atoms in total. The first kappa shape index (κ1) is 64.8. The van der Waals surface area contributed by atoms with Crippen LogP contribution in [0, 0.1) is 0 Å². The maximum absolute atomic E-state index is 12.4. The van der Waals surface area contributed by atoms with Gasteiger partial charge in [0.15, 0.2) is 0 Å². The van der Waals surface area contributed by atoms with Crippen molar-refractivity contribution in [2.75, 3.05) is 13.2 Å². The summed E-state index contributed by atoms with van der Waals surface area (Å²) in [6.07, 6.45) is 71.4. The highest BCUT2D eigenvalue weighted by atomic mass is 16.5. The number of amides is 1. The third-order valence-corrected chi connectivity index (χ3v) is 13.3. The van der Waals surface area contributed by atoms with Crippen molar-refractivity contribution >= 4 is 11.9 Å². The van der Waals surface area contributed by atoms with Crippen molar-refractivity contribution < 1.29 is 24.5 Å². The first-order valence-electron chi connectivity index (χ1n) is 29.4. The van der Waals surface area contributed by atoms with Gasteiger partial charge in [0.25, 0.3) is 0 Å². The smallest absolute Gasteiger partial charge is 0.305 e. The molecule has 0 aliphatic heterocycles. The van der Waals surface area contributed by atoms with Crippen LogP contribution in [0.3, 0.4) is 0 Å². The number of aliphatic hydroxyl groups excluding tert-OH is 2. The van der Waals surface area contributed by atoms with Crippen molar-refractivity contribution in [2.24, 2.45) is 0 Å². The Morgan fingerprint density at radius 1 is 0.418 bits per heavy atom. The largest absolute Gasteiger partial charge is 0.466 e. The Hall–Kier alpha value is -2.18. The lowest BCUT2D eigenvalue weighted by Crippen LogP contribution is -2.45. The molecular formula is C61H113NO5. The Morgan fingerprint density at radius 2 is 0.746 bits per heavy atom. The summed E-state index contributed by atoms with van der Waals surface area (Å²) < 4.78 is 5.47. The summed E-state index contributed by atoms with van der Waals surface area (Å²) in [6.45, 7) is 4.87. The van der Waals surface area contributed by atoms with Gasteiger partial charge in [0.05, 0.1) is 25.4 Å². The maximum atomic E-state index is 12.4. The van der Waals surface area contributed by atoms with Crippen molar-refractivity contribution in [2.45, 2.75) is 315 Å². The minimum atomic E-state index is -0.847. The monoisotopic (exact) mass is 940 g/mol. The second kappa shape index (κ2) is 56.4. The van der Waals surface area contributed by atoms with E-state index in [-0.39, 0.29) is 18.5 Å². The molecule has 0 aromatic carbocycles. The van der Waals surface area contributed by atoms with E-state index < -0.39 is 12.1 Å². The number of rotatable bonds is 54. The number of aliphatic hydroxyl groups is 2. The van der Waals surface area contributed by atoms with Gasteiger partial charge in [-0.25, -0.2) is 0 Å². The molecule has 0 radical (unpaired) electrons. The van der Waals surface area contributed by atoms with Crippen LogP contribution in [0.5, 0.6) is 0 Å². The van der Waals surface area contributed by atoms with E-state index >= 15 is 0 Å². The van der Waals surface area contributed by atoms with Crippen molar-refractivity contribution in [3.05, 3.63) is 48.6 Å². The molecule has 67 heavy (non-hydrogen) atoms. The molecule has 0 heterocycles. The van der Waals surface area contributed by atoms with E-state index in [1.54, 1.807) is 6.08 Å². The Bertz CT molecular complexity index is 1130. The molecule has 3 N–H and O–H groups in total. The van der Waals surface area contributed by atoms with E-state index in [0.29, 0.717) is 19.4 Å². The van der Waals surface area contributed by atoms with Gasteiger partial charge in [-0.3, -0.25) is 9.59 Å². The quantitative estimate of drug-likeness (QED) is 0.0321. The van der Waals surface area contributed by atoms with Crippen molar-refractivity contribution in [3.63, 3.8) is 0 Å². The average Bonchev–Trinajstić information content (AvgIpc) is 3.33. The fraction of sp³-hybridized carbons (Fsp3) is 0.836. The van der Waals surface area contributed by atoms with Gasteiger partial charge in [0.1, 0.15) is 0 Å². The lowest BCUT2D eigenvalue weighted by molar-refractivity contribution is -0.143. The summed E-state index contributed by atoms with van der Waals surface area (Å²) in [6, 6.07) is -0.632. The predicted octanol–water partition coefficient (Wildman–Crippen LogP) is 18.2. The molecular weight excluding hydrogens is 827 g/mol. The predicted molar refractivity (Wildman–Crippen MR) is 292 cm³/mol. The topological polar surface area (TPSA) is 95.9 Å². The van der Waals surface area contributed by atoms with Crippen LogP contribution >= 0.6 is 0 Å². The highest BCUT2D eigenvalue weighted by molar-refractivity contribution is 5.76. The Morgan fingerprint density at radius 3 is 1.15 bits per heavy atom. The molecule has 0 aromatic rings. The molecule has 0 saturated heterocycles. The number of carbonyl (C=O) groups excluding carboxylic acids is 2. The number of nitrogens with one attached hydrogen (secondary N) is 1. The summed E-state index contributed by atoms with van der Waals surface area (Å²) in [5.74, 6) is -0.0766. The number of hydrogen-bond acceptors (Lipinski definition) is 5. The maximum Gasteiger partial charge on any atom is 0.305 e. The minimum absolute atomic E-state index is 0.000624. The van der Waals surface area contributed by atoms with E-state index in [4.69, 9.17) is 4.74 Å². The zero-order valence-corrected chi connectivity index (χ0v) is 44.6. The van der Waals surface area contributed by atoms with Gasteiger partial charge in [-0.1, -0.05) is 249 Å². The van der Waals surface area contributed by atoms with Gasteiger partial charge in [-0.2, -0.15) is 0 Å². The number of carbonyl (C=O) groups is 2. The Labute approximate surface area is 416 Å². The molecule has 0 aliphatic rings. The number of hydrogen-bond donors (Lipinski definition) is 3. The van der Waals surface area contributed by atoms with Gasteiger partial charge in [0, 0.05) is 12.8 Å². The fourth-order valence-electron chi connectivity index (χ4n) is 8.78. The standard InChI is InChI=1S/C61H113NO5/c1-3-5-7-9-11-13-15-16-31-35-39-43-47-51-55-61(66)67-56-52-48-44-40-36-32-29-27-25-23-21-19-17-18-20-22-24-26-28-30-34-38-42-46-50-54-60(65)62-58(57-63)59(64)53-49-45-41-37-33-14-12-10-8-6-4-2/h15-16,18-21,49,53,58-59,63-64H,3-14,17,22-48,50-52,54-57H2,1-2H3,(H,62,65)/b16-15-,20-18-,21-19-,53-49+. The summed E-state index contributed by atoms with van der Waals surface area (Å²) >= 11 is 0. The molecule has 2 atom stereocenters. The number of allylic oxidation sites excluding steroid dienone is 7. The molecule has 0 rings (SSSR count). The second-order valence-electron chi connectivity index (χ2n) is 20.0. The van der Waals surface area contributed by atoms with Gasteiger partial charge in [-0.05, 0) is 89.9 Å². The van der Waals surface area contributed by atoms with Crippen molar-refractivity contribution in [1.29, 1.82) is 0 Å². The van der Waals surface area contributed by atoms with E-state index in [0.717, 1.165) is 51.4 Å². The molecule has 6 heteroatoms. The van der Waals surface area contributed by atoms with Crippen molar-refractivity contribution in [3.8, 4) is 0 Å². The van der Waals surface area contributed by atoms with E-state index in [2.05, 4.69) is 55.6 Å². The number of esters is 1. The molecule has 2 unspecified atom stereocenters. The van der Waals surface area contributed by atoms with Crippen LogP contribution < -0.4 is 5.32 Å². The summed E-state index contributed by atoms with van der Waals surface area (Å²) in [4.78, 5) is 24.4. The van der Waals surface area contributed by atoms with Crippen LogP contribution in [-0.4, -0.2) is 47.4 Å². The van der Waals surface area contributed by atoms with Gasteiger partial charge in [0.2, 0.25) is 5.91 Å². The second-order valence-corrected chi connectivity index (χ2v) is 20.0. The van der Waals surface area contributed by atoms with Crippen LogP contribution in [0.15, 0.2) is 48.6 Å². The summed E-state index contributed by atoms with van der Waals surface area (Å²) in [7, 11) is 0. The molecule has 0 saturated carbocycles. The van der Waals surface area contributed by atoms with E-state index in [1.807, 2.05) is 6.08 Å². The van der Waals surface area contributed by atoms with Gasteiger partial charge < -0.3 is 20.3 Å². The third-order valence-electron chi connectivity index (χ3n) is 13.3. The van der Waals surface area contributed by atoms with Gasteiger partial charge >= 0.3 is 5.97 Å². The first-order valence-corrected chi connectivity index (χ1v) is 29.4. The lowest BCUT2D eigenvalue weighted by atomic mass is 10.0. The molecule has 0 aromatic heterocycles. The molecule has 0 spiro atoms. The first-order chi connectivity index (χ1) is 33.0. The van der Waals surface area contributed by atoms with Crippen LogP contribution in [0.1, 0.15) is 303 Å². The van der Waals surface area contributed by atoms with Crippen LogP contribution in [0.25, 0.3) is 0 Å². The number of ether oxygens (including phenoxy) is 1. The molecule has 0 aliphatic carbocycles. The molecule has 392 valence electrons. The zero-order valence-electron chi connectivity index (χ0n) is 44.6. The van der Waals surface area contributed by atoms with Crippen molar-refractivity contribution in [1.82, 2.24) is 5.32 Å². The molecule has 1 amide bonds. The summed E-state index contributed by atoms with van der Waals surface area (Å²) in [5, 5.41) is 23.0. The Kier molecular flexibility index (Phi) is 54.6. The fourth-order valence-corrected chi connectivity index (χ4v) is 8.78. The highest BCUT2D eigenvalue weighted by Gasteiger charge is 2.18. The minimum Gasteiger partial charge on any atom is -0.466 e.